The van der Waals surface area contributed by atoms with Crippen molar-refractivity contribution in [1.82, 2.24) is 60.3 Å². The highest BCUT2D eigenvalue weighted by Crippen LogP contribution is 2.24. The lowest BCUT2D eigenvalue weighted by atomic mass is 10.0. The Morgan fingerprint density at radius 3 is 1.55 bits per heavy atom. The molecule has 0 saturated carbocycles. The molecule has 0 aliphatic carbocycles. The Morgan fingerprint density at radius 2 is 1.02 bits per heavy atom. The zero-order valence-electron chi connectivity index (χ0n) is 51.9. The normalized spacial score (nSPS) is 18.0. The van der Waals surface area contributed by atoms with Gasteiger partial charge in [0.25, 0.3) is 0 Å². The number of nitrogens with two attached hydrogens (primary N) is 1. The summed E-state index contributed by atoms with van der Waals surface area (Å²) in [5.41, 5.74) is 7.56. The molecular weight excluding hydrogens is 1160 g/mol. The van der Waals surface area contributed by atoms with Crippen LogP contribution in [-0.2, 0) is 40.0 Å². The van der Waals surface area contributed by atoms with Crippen LogP contribution in [0.2, 0.25) is 0 Å². The van der Waals surface area contributed by atoms with Gasteiger partial charge >= 0.3 is 41.8 Å². The van der Waals surface area contributed by atoms with Crippen molar-refractivity contribution in [3.63, 3.8) is 0 Å². The second kappa shape index (κ2) is 39.8. The van der Waals surface area contributed by atoms with Crippen LogP contribution in [0.3, 0.4) is 0 Å². The van der Waals surface area contributed by atoms with Gasteiger partial charge in [0.2, 0.25) is 23.8 Å². The first-order chi connectivity index (χ1) is 42.7. The number of hydrogen-bond acceptors (Lipinski definition) is 21. The zero-order chi connectivity index (χ0) is 64.5. The maximum atomic E-state index is 12.4. The molecular formula is C59H98N16O14. The molecule has 2 aromatic rings. The molecule has 0 bridgehead atoms. The van der Waals surface area contributed by atoms with Gasteiger partial charge in [0.05, 0.1) is 19.6 Å². The molecule has 12 N–H and O–H groups in total. The fraction of sp³-hybridized carbons (Fsp3) is 0.712. The van der Waals surface area contributed by atoms with E-state index in [0.717, 1.165) is 134 Å². The molecule has 3 fully saturated rings. The number of carboxylic acid groups (broad SMARTS) is 6. The van der Waals surface area contributed by atoms with E-state index in [1.807, 2.05) is 36.2 Å². The van der Waals surface area contributed by atoms with Gasteiger partial charge in [0.1, 0.15) is 12.1 Å². The van der Waals surface area contributed by atoms with Gasteiger partial charge in [-0.1, -0.05) is 50.7 Å². The Hall–Kier alpha value is -7.09. The predicted molar refractivity (Wildman–Crippen MR) is 333 cm³/mol. The number of carbonyl (C=O) groups is 8. The molecule has 1 unspecified atom stereocenters. The van der Waals surface area contributed by atoms with Gasteiger partial charge in [-0.15, -0.1) is 0 Å². The Balaban J connectivity index is 1.05. The topological polar surface area (TPSA) is 397 Å². The van der Waals surface area contributed by atoms with Gasteiger partial charge in [0, 0.05) is 129 Å². The van der Waals surface area contributed by atoms with E-state index in [1.54, 1.807) is 9.80 Å². The van der Waals surface area contributed by atoms with Crippen molar-refractivity contribution < 1.29 is 69.0 Å². The third kappa shape index (κ3) is 29.0. The van der Waals surface area contributed by atoms with E-state index in [1.165, 1.54) is 0 Å². The number of hydrogen-bond donors (Lipinski definition) is 11. The number of aliphatic carboxylic acids is 6. The zero-order valence-corrected chi connectivity index (χ0v) is 51.9. The third-order valence-corrected chi connectivity index (χ3v) is 16.3. The number of anilines is 4. The van der Waals surface area contributed by atoms with Gasteiger partial charge in [-0.25, -0.2) is 14.4 Å². The lowest BCUT2D eigenvalue weighted by Gasteiger charge is -2.37. The van der Waals surface area contributed by atoms with Gasteiger partial charge in [0.15, 0.2) is 0 Å². The van der Waals surface area contributed by atoms with Crippen molar-refractivity contribution in [3.8, 4) is 0 Å². The minimum Gasteiger partial charge on any atom is -0.481 e. The second-order valence-electron chi connectivity index (χ2n) is 23.5. The van der Waals surface area contributed by atoms with Crippen molar-refractivity contribution in [1.29, 1.82) is 0 Å². The number of carboxylic acids is 6. The molecule has 3 amide bonds. The highest BCUT2D eigenvalue weighted by molar-refractivity contribution is 5.86. The molecule has 5 rings (SSSR count). The van der Waals surface area contributed by atoms with Gasteiger partial charge in [-0.05, 0) is 95.7 Å². The van der Waals surface area contributed by atoms with E-state index in [4.69, 9.17) is 25.8 Å². The number of carbonyl (C=O) groups excluding carboxylic acids is 2. The van der Waals surface area contributed by atoms with Crippen LogP contribution in [0, 0.1) is 0 Å². The summed E-state index contributed by atoms with van der Waals surface area (Å²) in [4.78, 5) is 126. The number of aromatic nitrogens is 3. The van der Waals surface area contributed by atoms with E-state index < -0.39 is 60.4 Å². The summed E-state index contributed by atoms with van der Waals surface area (Å²) in [6.45, 7) is 11.7. The standard InChI is InChI=1S/C59H98N16O14/c1-68-25-26-71(41-51(79)80)27-28-72(42-52(81)82)33-38-75(43-53(83)84)46(40-68)39-44-15-17-45(18-16-44)62-56-65-57(67-58(66-56)74-36-31-70(32-37-74)24-12-21-60)73-34-29-69(30-35-73)23-11-7-5-3-2-4-6-8-14-49(76)61-22-10-9-13-47(54(85)86)63-59(89)64-48(55(87)88)19-20-50(77)78/h15-18,46-48H,2-14,19-43,60H2,1H3,(H,61,76)(H,77,78)(H,79,80)(H,81,82)(H,83,84)(H,85,86)(H,87,88)(H2,63,64,89)(H,62,65,66,67)/t46?,47-,48-/m0/s1. The number of amides is 3. The van der Waals surface area contributed by atoms with Gasteiger partial charge in [-0.3, -0.25) is 48.5 Å². The van der Waals surface area contributed by atoms with Crippen LogP contribution in [0.5, 0.6) is 0 Å². The summed E-state index contributed by atoms with van der Waals surface area (Å²) < 4.78 is 0. The molecule has 89 heavy (non-hydrogen) atoms. The number of rotatable bonds is 38. The fourth-order valence-electron chi connectivity index (χ4n) is 11.2. The minimum atomic E-state index is -1.49. The first-order valence-corrected chi connectivity index (χ1v) is 31.5. The largest absolute Gasteiger partial charge is 0.481 e. The molecule has 30 nitrogen and oxygen atoms in total. The molecule has 1 aromatic heterocycles. The molecule has 4 heterocycles. The highest BCUT2D eigenvalue weighted by Gasteiger charge is 2.29. The van der Waals surface area contributed by atoms with Crippen LogP contribution >= 0.6 is 0 Å². The molecule has 3 saturated heterocycles. The minimum absolute atomic E-state index is 0.0552. The Bertz CT molecular complexity index is 2520. The van der Waals surface area contributed by atoms with Crippen molar-refractivity contribution in [2.45, 2.75) is 121 Å². The molecule has 30 heteroatoms. The van der Waals surface area contributed by atoms with Crippen LogP contribution in [-0.4, -0.2) is 292 Å². The predicted octanol–water partition coefficient (Wildman–Crippen LogP) is 1.09. The summed E-state index contributed by atoms with van der Waals surface area (Å²) in [5, 5.41) is 67.5. The summed E-state index contributed by atoms with van der Waals surface area (Å²) in [6, 6.07) is 3.89. The van der Waals surface area contributed by atoms with Crippen LogP contribution in [0.15, 0.2) is 24.3 Å². The van der Waals surface area contributed by atoms with E-state index in [2.05, 4.69) is 45.8 Å². The van der Waals surface area contributed by atoms with Crippen LogP contribution in [0.4, 0.5) is 28.3 Å². The first-order valence-electron chi connectivity index (χ1n) is 31.5. The summed E-state index contributed by atoms with van der Waals surface area (Å²) in [5.74, 6) is -5.32. The van der Waals surface area contributed by atoms with Gasteiger partial charge in [-0.2, -0.15) is 15.0 Å². The van der Waals surface area contributed by atoms with Crippen molar-refractivity contribution in [2.24, 2.45) is 5.73 Å². The Kier molecular flexibility index (Phi) is 32.5. The number of benzene rings is 1. The van der Waals surface area contributed by atoms with E-state index in [0.29, 0.717) is 102 Å². The fourth-order valence-corrected chi connectivity index (χ4v) is 11.2. The number of likely N-dealkylation sites (N-methyl/N-ethyl adjacent to an activating group) is 1. The van der Waals surface area contributed by atoms with Crippen molar-refractivity contribution in [2.75, 3.05) is 166 Å². The molecule has 1 aromatic carbocycles. The Labute approximate surface area is 521 Å². The average molecular weight is 1260 g/mol. The summed E-state index contributed by atoms with van der Waals surface area (Å²) in [6.07, 6.45) is 10.3. The average Bonchev–Trinajstić information content (AvgIpc) is 3.38. The van der Waals surface area contributed by atoms with E-state index in [-0.39, 0.29) is 44.4 Å². The molecule has 0 radical (unpaired) electrons. The quantitative estimate of drug-likeness (QED) is 0.0419. The highest BCUT2D eigenvalue weighted by atomic mass is 16.4. The summed E-state index contributed by atoms with van der Waals surface area (Å²) in [7, 11) is 1.95. The van der Waals surface area contributed by atoms with Crippen LogP contribution < -0.4 is 36.8 Å². The summed E-state index contributed by atoms with van der Waals surface area (Å²) >= 11 is 0. The molecule has 3 atom stereocenters. The number of unbranched alkanes of at least 4 members (excludes halogenated alkanes) is 8. The SMILES string of the molecule is CN1CCN(CC(=O)O)CCN(CC(=O)O)CCN(CC(=O)O)C(Cc2ccc(Nc3nc(N4CCN(CCCN)CC4)nc(N4CCN(CCCCCCCCCCC(=O)NCCCC[C@H](NC(=O)N[C@@H](CCC(=O)O)C(=O)O)C(=O)O)CC4)n3)cc2)C1. The third-order valence-electron chi connectivity index (χ3n) is 16.3. The van der Waals surface area contributed by atoms with Crippen molar-refractivity contribution >= 4 is 71.3 Å². The van der Waals surface area contributed by atoms with Crippen LogP contribution in [0.25, 0.3) is 0 Å². The smallest absolute Gasteiger partial charge is 0.326 e. The molecule has 498 valence electrons. The molecule has 3 aliphatic rings. The monoisotopic (exact) mass is 1250 g/mol. The van der Waals surface area contributed by atoms with Gasteiger partial charge < -0.3 is 72.3 Å². The number of piperazine rings is 2. The lowest BCUT2D eigenvalue weighted by molar-refractivity contribution is -0.141. The number of urea groups is 1. The molecule has 0 spiro atoms. The first kappa shape index (κ1) is 72.7. The Morgan fingerprint density at radius 1 is 0.528 bits per heavy atom. The number of nitrogens with zero attached hydrogens (tertiary/aromatic N) is 11. The second-order valence-corrected chi connectivity index (χ2v) is 23.5. The maximum Gasteiger partial charge on any atom is 0.326 e. The van der Waals surface area contributed by atoms with Crippen LogP contribution in [0.1, 0.15) is 102 Å². The maximum absolute atomic E-state index is 12.4. The molecule has 3 aliphatic heterocycles. The van der Waals surface area contributed by atoms with E-state index in [9.17, 15) is 63.9 Å². The van der Waals surface area contributed by atoms with Crippen molar-refractivity contribution in [3.05, 3.63) is 29.8 Å². The van der Waals surface area contributed by atoms with E-state index >= 15 is 0 Å². The number of nitrogens with one attached hydrogen (secondary N) is 4. The lowest BCUT2D eigenvalue weighted by Crippen LogP contribution is -2.52.